The van der Waals surface area contributed by atoms with Gasteiger partial charge in [-0.1, -0.05) is 18.2 Å². The van der Waals surface area contributed by atoms with Gasteiger partial charge in [0, 0.05) is 39.3 Å². The molecular formula is C13H19NO2S. The van der Waals surface area contributed by atoms with Gasteiger partial charge in [-0.05, 0) is 19.9 Å². The van der Waals surface area contributed by atoms with Crippen LogP contribution in [0.25, 0.3) is 0 Å². The number of ether oxygens (including phenoxy) is 1. The third-order valence-corrected chi connectivity index (χ3v) is 4.56. The Morgan fingerprint density at radius 1 is 1.47 bits per heavy atom. The maximum atomic E-state index is 12.0. The van der Waals surface area contributed by atoms with E-state index >= 15 is 0 Å². The van der Waals surface area contributed by atoms with Gasteiger partial charge in [-0.2, -0.15) is 0 Å². The lowest BCUT2D eigenvalue weighted by Crippen LogP contribution is -2.39. The largest absolute Gasteiger partial charge is 0.493 e. The van der Waals surface area contributed by atoms with E-state index in [1.165, 1.54) is 5.56 Å². The second kappa shape index (κ2) is 4.78. The van der Waals surface area contributed by atoms with Crippen LogP contribution in [0.2, 0.25) is 0 Å². The molecule has 1 aliphatic heterocycles. The molecular weight excluding hydrogens is 234 g/mol. The number of para-hydroxylation sites is 1. The number of rotatable bonds is 4. The van der Waals surface area contributed by atoms with Crippen molar-refractivity contribution in [3.63, 3.8) is 0 Å². The SMILES string of the molecule is CC(C)(N)CS(=O)CC1COc2ccccc21. The zero-order valence-corrected chi connectivity index (χ0v) is 11.1. The number of hydrogen-bond donors (Lipinski definition) is 1. The predicted octanol–water partition coefficient (Wildman–Crippen LogP) is 1.65. The van der Waals surface area contributed by atoms with E-state index < -0.39 is 10.8 Å². The molecule has 0 aromatic heterocycles. The fourth-order valence-electron chi connectivity index (χ4n) is 2.07. The molecule has 2 unspecified atom stereocenters. The van der Waals surface area contributed by atoms with E-state index in [4.69, 9.17) is 10.5 Å². The van der Waals surface area contributed by atoms with E-state index in [0.717, 1.165) is 5.75 Å². The summed E-state index contributed by atoms with van der Waals surface area (Å²) >= 11 is 0. The quantitative estimate of drug-likeness (QED) is 0.887. The fraction of sp³-hybridized carbons (Fsp3) is 0.538. The van der Waals surface area contributed by atoms with Crippen LogP contribution < -0.4 is 10.5 Å². The Hall–Kier alpha value is -0.870. The zero-order chi connectivity index (χ0) is 12.5. The van der Waals surface area contributed by atoms with Crippen LogP contribution in [-0.4, -0.2) is 27.9 Å². The van der Waals surface area contributed by atoms with Crippen molar-refractivity contribution in [3.8, 4) is 5.75 Å². The van der Waals surface area contributed by atoms with Gasteiger partial charge < -0.3 is 10.5 Å². The van der Waals surface area contributed by atoms with Gasteiger partial charge in [-0.15, -0.1) is 0 Å². The molecule has 1 aromatic carbocycles. The Morgan fingerprint density at radius 2 is 2.18 bits per heavy atom. The first-order valence-electron chi connectivity index (χ1n) is 5.81. The molecule has 1 heterocycles. The summed E-state index contributed by atoms with van der Waals surface area (Å²) in [5.41, 5.74) is 6.69. The van der Waals surface area contributed by atoms with Gasteiger partial charge in [0.2, 0.25) is 0 Å². The topological polar surface area (TPSA) is 52.3 Å². The summed E-state index contributed by atoms with van der Waals surface area (Å²) in [5.74, 6) is 2.35. The van der Waals surface area contributed by atoms with Crippen LogP contribution in [0.5, 0.6) is 5.75 Å². The van der Waals surface area contributed by atoms with E-state index in [1.54, 1.807) is 0 Å². The second-order valence-electron chi connectivity index (χ2n) is 5.29. The average Bonchev–Trinajstić information content (AvgIpc) is 2.59. The summed E-state index contributed by atoms with van der Waals surface area (Å²) in [4.78, 5) is 0. The number of hydrogen-bond acceptors (Lipinski definition) is 3. The minimum absolute atomic E-state index is 0.245. The van der Waals surface area contributed by atoms with Gasteiger partial charge in [-0.3, -0.25) is 4.21 Å². The molecule has 4 heteroatoms. The monoisotopic (exact) mass is 253 g/mol. The van der Waals surface area contributed by atoms with E-state index in [0.29, 0.717) is 18.1 Å². The highest BCUT2D eigenvalue weighted by molar-refractivity contribution is 7.85. The maximum absolute atomic E-state index is 12.0. The first-order valence-corrected chi connectivity index (χ1v) is 7.30. The molecule has 2 N–H and O–H groups in total. The summed E-state index contributed by atoms with van der Waals surface area (Å²) in [6.45, 7) is 4.45. The van der Waals surface area contributed by atoms with Gasteiger partial charge in [0.1, 0.15) is 5.75 Å². The minimum Gasteiger partial charge on any atom is -0.493 e. The summed E-state index contributed by atoms with van der Waals surface area (Å²) in [5, 5.41) is 0. The van der Waals surface area contributed by atoms with E-state index in [1.807, 2.05) is 32.0 Å². The molecule has 94 valence electrons. The van der Waals surface area contributed by atoms with Crippen molar-refractivity contribution in [3.05, 3.63) is 29.8 Å². The Kier molecular flexibility index (Phi) is 3.54. The highest BCUT2D eigenvalue weighted by atomic mass is 32.2. The standard InChI is InChI=1S/C13H19NO2S/c1-13(2,14)9-17(15)8-10-7-16-12-6-4-3-5-11(10)12/h3-6,10H,7-9,14H2,1-2H3. The summed E-state index contributed by atoms with van der Waals surface area (Å²) in [6, 6.07) is 7.97. The molecule has 0 fully saturated rings. The van der Waals surface area contributed by atoms with Crippen molar-refractivity contribution < 1.29 is 8.95 Å². The molecule has 0 aliphatic carbocycles. The van der Waals surface area contributed by atoms with E-state index in [9.17, 15) is 4.21 Å². The minimum atomic E-state index is -0.892. The van der Waals surface area contributed by atoms with Crippen LogP contribution in [-0.2, 0) is 10.8 Å². The van der Waals surface area contributed by atoms with Gasteiger partial charge in [0.05, 0.1) is 6.61 Å². The normalized spacial score (nSPS) is 20.8. The van der Waals surface area contributed by atoms with Crippen LogP contribution in [0.15, 0.2) is 24.3 Å². The molecule has 17 heavy (non-hydrogen) atoms. The van der Waals surface area contributed by atoms with Crippen molar-refractivity contribution in [2.75, 3.05) is 18.1 Å². The highest BCUT2D eigenvalue weighted by Gasteiger charge is 2.26. The summed E-state index contributed by atoms with van der Waals surface area (Å²) < 4.78 is 17.6. The molecule has 1 aliphatic rings. The highest BCUT2D eigenvalue weighted by Crippen LogP contribution is 2.33. The van der Waals surface area contributed by atoms with Crippen molar-refractivity contribution in [2.45, 2.75) is 25.3 Å². The number of nitrogens with two attached hydrogens (primary N) is 1. The van der Waals surface area contributed by atoms with Gasteiger partial charge in [0.15, 0.2) is 0 Å². The van der Waals surface area contributed by atoms with Crippen molar-refractivity contribution in [1.82, 2.24) is 0 Å². The number of benzene rings is 1. The number of fused-ring (bicyclic) bond motifs is 1. The van der Waals surface area contributed by atoms with Crippen LogP contribution in [0, 0.1) is 0 Å². The van der Waals surface area contributed by atoms with Gasteiger partial charge in [-0.25, -0.2) is 0 Å². The molecule has 0 spiro atoms. The molecule has 2 rings (SSSR count). The summed E-state index contributed by atoms with van der Waals surface area (Å²) in [6.07, 6.45) is 0. The zero-order valence-electron chi connectivity index (χ0n) is 10.3. The Labute approximate surface area is 105 Å². The van der Waals surface area contributed by atoms with E-state index in [-0.39, 0.29) is 11.5 Å². The Bertz CT molecular complexity index is 426. The molecule has 3 nitrogen and oxygen atoms in total. The van der Waals surface area contributed by atoms with Crippen molar-refractivity contribution >= 4 is 10.8 Å². The van der Waals surface area contributed by atoms with Crippen LogP contribution in [0.1, 0.15) is 25.3 Å². The van der Waals surface area contributed by atoms with E-state index in [2.05, 4.69) is 6.07 Å². The Balaban J connectivity index is 2.00. The fourth-order valence-corrected chi connectivity index (χ4v) is 3.74. The van der Waals surface area contributed by atoms with Gasteiger partial charge in [0.25, 0.3) is 0 Å². The first kappa shape index (κ1) is 12.6. The molecule has 2 atom stereocenters. The van der Waals surface area contributed by atoms with Gasteiger partial charge >= 0.3 is 0 Å². The van der Waals surface area contributed by atoms with Crippen LogP contribution >= 0.6 is 0 Å². The van der Waals surface area contributed by atoms with Crippen LogP contribution in [0.4, 0.5) is 0 Å². The first-order chi connectivity index (χ1) is 7.96. The lowest BCUT2D eigenvalue weighted by molar-refractivity contribution is 0.338. The summed E-state index contributed by atoms with van der Waals surface area (Å²) in [7, 11) is -0.892. The third-order valence-electron chi connectivity index (χ3n) is 2.72. The molecule has 0 saturated heterocycles. The molecule has 0 radical (unpaired) electrons. The second-order valence-corrected chi connectivity index (χ2v) is 6.79. The molecule has 0 saturated carbocycles. The lowest BCUT2D eigenvalue weighted by atomic mass is 10.0. The molecule has 0 bridgehead atoms. The van der Waals surface area contributed by atoms with Crippen LogP contribution in [0.3, 0.4) is 0 Å². The lowest BCUT2D eigenvalue weighted by Gasteiger charge is -2.18. The smallest absolute Gasteiger partial charge is 0.122 e. The molecule has 0 amide bonds. The maximum Gasteiger partial charge on any atom is 0.122 e. The third kappa shape index (κ3) is 3.30. The predicted molar refractivity (Wildman–Crippen MR) is 70.8 cm³/mol. The average molecular weight is 253 g/mol. The van der Waals surface area contributed by atoms with Crippen molar-refractivity contribution in [2.24, 2.45) is 5.73 Å². The molecule has 1 aromatic rings. The van der Waals surface area contributed by atoms with Crippen molar-refractivity contribution in [1.29, 1.82) is 0 Å². The Morgan fingerprint density at radius 3 is 2.88 bits per heavy atom.